The lowest BCUT2D eigenvalue weighted by atomic mass is 10.9. The van der Waals surface area contributed by atoms with E-state index in [-0.39, 0.29) is 6.61 Å². The maximum Gasteiger partial charge on any atom is 0.144 e. The standard InChI is InChI=1S/C2H6O2S.C2H6O/c1-5(2,3)4;1-2-3/h1-2H3;3H,2H2,1H3. The molecule has 0 aliphatic rings. The Morgan fingerprint density at radius 3 is 1.38 bits per heavy atom. The molecule has 0 fully saturated rings. The van der Waals surface area contributed by atoms with Crippen molar-refractivity contribution in [1.82, 2.24) is 0 Å². The first-order valence-electron chi connectivity index (χ1n) is 2.17. The Labute approximate surface area is 50.3 Å². The first-order valence-corrected chi connectivity index (χ1v) is 4.47. The van der Waals surface area contributed by atoms with Gasteiger partial charge in [-0.05, 0) is 6.92 Å². The lowest BCUT2D eigenvalue weighted by Gasteiger charge is -1.69. The third-order valence-electron chi connectivity index (χ3n) is 0. The molecule has 0 amide bonds. The van der Waals surface area contributed by atoms with Crippen LogP contribution in [0.2, 0.25) is 0 Å². The van der Waals surface area contributed by atoms with Gasteiger partial charge in [0.05, 0.1) is 0 Å². The molecule has 3 nitrogen and oxygen atoms in total. The highest BCUT2D eigenvalue weighted by Gasteiger charge is 1.79. The van der Waals surface area contributed by atoms with Crippen LogP contribution in [0.3, 0.4) is 0 Å². The summed E-state index contributed by atoms with van der Waals surface area (Å²) in [5.41, 5.74) is 0. The van der Waals surface area contributed by atoms with Gasteiger partial charge < -0.3 is 5.11 Å². The summed E-state index contributed by atoms with van der Waals surface area (Å²) >= 11 is 0. The Kier molecular flexibility index (Phi) is 6.83. The van der Waals surface area contributed by atoms with E-state index in [1.54, 1.807) is 6.92 Å². The maximum atomic E-state index is 9.63. The molecule has 1 N–H and O–H groups in total. The van der Waals surface area contributed by atoms with E-state index < -0.39 is 9.84 Å². The fourth-order valence-corrected chi connectivity index (χ4v) is 0. The zero-order valence-electron chi connectivity index (χ0n) is 5.38. The number of hydrogen-bond donors (Lipinski definition) is 1. The van der Waals surface area contributed by atoms with E-state index in [0.717, 1.165) is 12.5 Å². The third-order valence-corrected chi connectivity index (χ3v) is 0. The minimum absolute atomic E-state index is 0.250. The molecule has 0 bridgehead atoms. The Morgan fingerprint density at radius 1 is 1.38 bits per heavy atom. The molecule has 0 aromatic heterocycles. The molecule has 8 heavy (non-hydrogen) atoms. The molecule has 0 atom stereocenters. The van der Waals surface area contributed by atoms with Gasteiger partial charge in [-0.1, -0.05) is 0 Å². The van der Waals surface area contributed by atoms with Crippen molar-refractivity contribution in [2.75, 3.05) is 19.1 Å². The molecule has 0 spiro atoms. The van der Waals surface area contributed by atoms with Crippen LogP contribution in [0.15, 0.2) is 0 Å². The molecule has 52 valence electrons. The van der Waals surface area contributed by atoms with Crippen LogP contribution in [-0.4, -0.2) is 32.6 Å². The summed E-state index contributed by atoms with van der Waals surface area (Å²) in [4.78, 5) is 0. The number of sulfone groups is 1. The highest BCUT2D eigenvalue weighted by Crippen LogP contribution is 1.61. The second kappa shape index (κ2) is 5.05. The van der Waals surface area contributed by atoms with Crippen LogP contribution in [0.25, 0.3) is 0 Å². The molecule has 0 radical (unpaired) electrons. The Bertz CT molecular complexity index is 105. The van der Waals surface area contributed by atoms with Crippen LogP contribution < -0.4 is 0 Å². The third kappa shape index (κ3) is 17600. The van der Waals surface area contributed by atoms with Gasteiger partial charge in [0.1, 0.15) is 9.84 Å². The van der Waals surface area contributed by atoms with Gasteiger partial charge in [-0.2, -0.15) is 0 Å². The van der Waals surface area contributed by atoms with Crippen molar-refractivity contribution >= 4 is 9.84 Å². The van der Waals surface area contributed by atoms with E-state index in [2.05, 4.69) is 0 Å². The van der Waals surface area contributed by atoms with Gasteiger partial charge in [0.2, 0.25) is 0 Å². The molecule has 0 aliphatic carbocycles. The second-order valence-corrected chi connectivity index (χ2v) is 3.75. The van der Waals surface area contributed by atoms with Crippen LogP contribution in [-0.2, 0) is 9.84 Å². The lowest BCUT2D eigenvalue weighted by molar-refractivity contribution is 0.318. The van der Waals surface area contributed by atoms with Crippen molar-refractivity contribution < 1.29 is 13.5 Å². The van der Waals surface area contributed by atoms with Gasteiger partial charge in [-0.25, -0.2) is 8.42 Å². The van der Waals surface area contributed by atoms with Crippen molar-refractivity contribution in [2.45, 2.75) is 6.92 Å². The molecule has 4 heteroatoms. The average molecular weight is 140 g/mol. The summed E-state index contributed by atoms with van der Waals surface area (Å²) in [5, 5.41) is 7.57. The fourth-order valence-electron chi connectivity index (χ4n) is 0. The molecule has 0 heterocycles. The number of hydrogen-bond acceptors (Lipinski definition) is 3. The Hall–Kier alpha value is -0.0900. The van der Waals surface area contributed by atoms with Crippen LogP contribution in [0, 0.1) is 0 Å². The molecular weight excluding hydrogens is 128 g/mol. The summed E-state index contributed by atoms with van der Waals surface area (Å²) in [5.74, 6) is 0. The topological polar surface area (TPSA) is 54.4 Å². The van der Waals surface area contributed by atoms with E-state index in [0.29, 0.717) is 0 Å². The smallest absolute Gasteiger partial charge is 0.144 e. The van der Waals surface area contributed by atoms with E-state index in [9.17, 15) is 8.42 Å². The van der Waals surface area contributed by atoms with Crippen molar-refractivity contribution in [3.8, 4) is 0 Å². The highest BCUT2D eigenvalue weighted by atomic mass is 32.2. The molecule has 0 unspecified atom stereocenters. The molecular formula is C4H12O3S. The Morgan fingerprint density at radius 2 is 1.38 bits per heavy atom. The van der Waals surface area contributed by atoms with Crippen LogP contribution in [0.5, 0.6) is 0 Å². The van der Waals surface area contributed by atoms with Gasteiger partial charge in [0, 0.05) is 19.1 Å². The van der Waals surface area contributed by atoms with Crippen LogP contribution in [0.4, 0.5) is 0 Å². The SMILES string of the molecule is CCO.CS(C)(=O)=O. The fraction of sp³-hybridized carbons (Fsp3) is 1.00. The quantitative estimate of drug-likeness (QED) is 0.501. The van der Waals surface area contributed by atoms with Gasteiger partial charge in [-0.15, -0.1) is 0 Å². The first-order chi connectivity index (χ1) is 3.41. The molecule has 0 aliphatic heterocycles. The summed E-state index contributed by atoms with van der Waals surface area (Å²) in [7, 11) is -2.67. The number of aliphatic hydroxyl groups is 1. The van der Waals surface area contributed by atoms with Crippen LogP contribution >= 0.6 is 0 Å². The van der Waals surface area contributed by atoms with E-state index in [4.69, 9.17) is 5.11 Å². The molecule has 0 rings (SSSR count). The molecule has 0 saturated carbocycles. The maximum absolute atomic E-state index is 9.63. The number of rotatable bonds is 0. The molecule has 0 saturated heterocycles. The van der Waals surface area contributed by atoms with Crippen molar-refractivity contribution in [1.29, 1.82) is 0 Å². The Balaban J connectivity index is 0. The number of aliphatic hydroxyl groups excluding tert-OH is 1. The molecule has 0 aromatic rings. The molecule has 0 aromatic carbocycles. The van der Waals surface area contributed by atoms with Crippen molar-refractivity contribution in [3.63, 3.8) is 0 Å². The summed E-state index contributed by atoms with van der Waals surface area (Å²) in [6, 6.07) is 0. The summed E-state index contributed by atoms with van der Waals surface area (Å²) in [6.45, 7) is 1.93. The summed E-state index contributed by atoms with van der Waals surface area (Å²) in [6.07, 6.45) is 2.32. The van der Waals surface area contributed by atoms with E-state index >= 15 is 0 Å². The predicted molar refractivity (Wildman–Crippen MR) is 33.5 cm³/mol. The first kappa shape index (κ1) is 10.8. The highest BCUT2D eigenvalue weighted by molar-refractivity contribution is 7.89. The van der Waals surface area contributed by atoms with Crippen LogP contribution in [0.1, 0.15) is 6.92 Å². The summed E-state index contributed by atoms with van der Waals surface area (Å²) < 4.78 is 19.3. The minimum Gasteiger partial charge on any atom is -0.397 e. The monoisotopic (exact) mass is 140 g/mol. The minimum atomic E-state index is -2.67. The van der Waals surface area contributed by atoms with Crippen molar-refractivity contribution in [3.05, 3.63) is 0 Å². The lowest BCUT2D eigenvalue weighted by Crippen LogP contribution is -1.86. The normalized spacial score (nSPS) is 9.50. The van der Waals surface area contributed by atoms with Gasteiger partial charge in [-0.3, -0.25) is 0 Å². The van der Waals surface area contributed by atoms with Crippen molar-refractivity contribution in [2.24, 2.45) is 0 Å². The zero-order valence-corrected chi connectivity index (χ0v) is 6.20. The van der Waals surface area contributed by atoms with Gasteiger partial charge in [0.15, 0.2) is 0 Å². The predicted octanol–water partition coefficient (Wildman–Crippen LogP) is -0.341. The van der Waals surface area contributed by atoms with E-state index in [1.165, 1.54) is 0 Å². The van der Waals surface area contributed by atoms with Gasteiger partial charge >= 0.3 is 0 Å². The van der Waals surface area contributed by atoms with Gasteiger partial charge in [0.25, 0.3) is 0 Å². The largest absolute Gasteiger partial charge is 0.397 e. The second-order valence-electron chi connectivity index (χ2n) is 1.46. The van der Waals surface area contributed by atoms with E-state index in [1.807, 2.05) is 0 Å². The zero-order chi connectivity index (χ0) is 7.21. The average Bonchev–Trinajstić information content (AvgIpc) is 1.27.